The zero-order chi connectivity index (χ0) is 34.8. The zero-order valence-electron chi connectivity index (χ0n) is 28.7. The second-order valence-electron chi connectivity index (χ2n) is 13.9. The van der Waals surface area contributed by atoms with E-state index in [1.54, 1.807) is 23.9 Å². The topological polar surface area (TPSA) is 170 Å². The summed E-state index contributed by atoms with van der Waals surface area (Å²) in [6.07, 6.45) is 0.907. The van der Waals surface area contributed by atoms with Crippen LogP contribution < -0.4 is 16.4 Å². The van der Waals surface area contributed by atoms with Crippen LogP contribution in [0.25, 0.3) is 0 Å². The van der Waals surface area contributed by atoms with E-state index in [4.69, 9.17) is 19.9 Å². The van der Waals surface area contributed by atoms with Gasteiger partial charge < -0.3 is 40.4 Å². The predicted molar refractivity (Wildman–Crippen MR) is 172 cm³/mol. The Morgan fingerprint density at radius 3 is 1.59 bits per heavy atom. The minimum atomic E-state index is -0.874. The van der Waals surface area contributed by atoms with Gasteiger partial charge in [-0.25, -0.2) is 9.59 Å². The normalized spacial score (nSPS) is 17.4. The van der Waals surface area contributed by atoms with Gasteiger partial charge in [-0.3, -0.25) is 14.4 Å². The third-order valence-electron chi connectivity index (χ3n) is 7.79. The molecule has 0 saturated carbocycles. The van der Waals surface area contributed by atoms with Crippen LogP contribution in [0.5, 0.6) is 0 Å². The number of rotatable bonds is 6. The molecule has 3 rings (SSSR count). The van der Waals surface area contributed by atoms with Crippen molar-refractivity contribution in [3.8, 4) is 0 Å². The number of nitrogens with two attached hydrogens (primary N) is 1. The van der Waals surface area contributed by atoms with E-state index in [2.05, 4.69) is 10.6 Å². The van der Waals surface area contributed by atoms with E-state index in [-0.39, 0.29) is 30.9 Å². The van der Waals surface area contributed by atoms with Gasteiger partial charge in [0.1, 0.15) is 17.8 Å². The van der Waals surface area contributed by atoms with Crippen molar-refractivity contribution in [2.75, 3.05) is 40.3 Å². The molecule has 4 amide bonds. The molecule has 13 nitrogen and oxygen atoms in total. The summed E-state index contributed by atoms with van der Waals surface area (Å²) in [7, 11) is 3.12. The first-order valence-corrected chi connectivity index (χ1v) is 15.7. The quantitative estimate of drug-likeness (QED) is 0.310. The Hall–Kier alpha value is -3.87. The van der Waals surface area contributed by atoms with Crippen molar-refractivity contribution in [3.63, 3.8) is 0 Å². The number of esters is 1. The number of likely N-dealkylation sites (tertiary alicyclic amines) is 2. The molecule has 4 N–H and O–H groups in total. The number of nitrogens with one attached hydrogen (secondary N) is 2. The largest absolute Gasteiger partial charge is 0.461 e. The number of hydrogen-bond donors (Lipinski definition) is 3. The van der Waals surface area contributed by atoms with Gasteiger partial charge in [-0.05, 0) is 72.8 Å². The van der Waals surface area contributed by atoms with E-state index in [0.717, 1.165) is 5.56 Å². The maximum Gasteiger partial charge on any atom is 0.410 e. The van der Waals surface area contributed by atoms with E-state index in [9.17, 15) is 24.0 Å². The van der Waals surface area contributed by atoms with Crippen molar-refractivity contribution in [1.82, 2.24) is 20.4 Å². The van der Waals surface area contributed by atoms with E-state index in [0.29, 0.717) is 51.9 Å². The molecule has 46 heavy (non-hydrogen) atoms. The molecule has 0 bridgehead atoms. The van der Waals surface area contributed by atoms with Gasteiger partial charge in [0, 0.05) is 40.3 Å². The fraction of sp³-hybridized carbons (Fsp3) is 0.667. The highest BCUT2D eigenvalue weighted by Crippen LogP contribution is 2.36. The highest BCUT2D eigenvalue weighted by molar-refractivity contribution is 5.88. The molecule has 0 aliphatic carbocycles. The first-order valence-electron chi connectivity index (χ1n) is 15.7. The summed E-state index contributed by atoms with van der Waals surface area (Å²) < 4.78 is 16.0. The molecular formula is C33H53N5O8. The molecule has 0 atom stereocenters. The molecule has 13 heteroatoms. The van der Waals surface area contributed by atoms with Crippen molar-refractivity contribution in [2.45, 2.75) is 97.0 Å². The summed E-state index contributed by atoms with van der Waals surface area (Å²) in [5.74, 6) is -0.794. The first kappa shape index (κ1) is 38.3. The maximum atomic E-state index is 12.6. The van der Waals surface area contributed by atoms with Crippen molar-refractivity contribution in [1.29, 1.82) is 0 Å². The van der Waals surface area contributed by atoms with Crippen LogP contribution in [0.1, 0.15) is 79.2 Å². The molecule has 2 heterocycles. The van der Waals surface area contributed by atoms with Gasteiger partial charge in [-0.2, -0.15) is 0 Å². The van der Waals surface area contributed by atoms with E-state index in [1.165, 1.54) is 0 Å². The Morgan fingerprint density at radius 2 is 1.17 bits per heavy atom. The minimum absolute atomic E-state index is 0.0122. The molecule has 0 radical (unpaired) electrons. The maximum absolute atomic E-state index is 12.6. The van der Waals surface area contributed by atoms with Crippen LogP contribution in [0, 0.1) is 5.41 Å². The fourth-order valence-corrected chi connectivity index (χ4v) is 5.15. The Labute approximate surface area is 272 Å². The van der Waals surface area contributed by atoms with Crippen LogP contribution in [0.15, 0.2) is 30.3 Å². The molecule has 2 aliphatic rings. The number of likely N-dealkylation sites (N-methyl/N-ethyl adjacent to an activating group) is 1. The predicted octanol–water partition coefficient (Wildman–Crippen LogP) is 3.34. The van der Waals surface area contributed by atoms with Crippen LogP contribution in [0.3, 0.4) is 0 Å². The van der Waals surface area contributed by atoms with Gasteiger partial charge >= 0.3 is 18.2 Å². The molecule has 1 aromatic rings. The smallest absolute Gasteiger partial charge is 0.410 e. The van der Waals surface area contributed by atoms with Gasteiger partial charge in [0.2, 0.25) is 11.8 Å². The number of carbonyl (C=O) groups is 5. The molecule has 258 valence electrons. The highest BCUT2D eigenvalue weighted by atomic mass is 16.6. The van der Waals surface area contributed by atoms with Gasteiger partial charge in [-0.15, -0.1) is 0 Å². The van der Waals surface area contributed by atoms with Crippen LogP contribution in [-0.4, -0.2) is 96.8 Å². The van der Waals surface area contributed by atoms with E-state index in [1.807, 2.05) is 71.9 Å². The number of hydrogen-bond acceptors (Lipinski definition) is 9. The van der Waals surface area contributed by atoms with Crippen molar-refractivity contribution >= 4 is 30.0 Å². The molecule has 0 aromatic heterocycles. The summed E-state index contributed by atoms with van der Waals surface area (Å²) >= 11 is 0. The van der Waals surface area contributed by atoms with Gasteiger partial charge in [-0.1, -0.05) is 30.3 Å². The molecule has 2 saturated heterocycles. The van der Waals surface area contributed by atoms with E-state index < -0.39 is 34.2 Å². The lowest BCUT2D eigenvalue weighted by Crippen LogP contribution is -2.59. The summed E-state index contributed by atoms with van der Waals surface area (Å²) in [4.78, 5) is 63.8. The summed E-state index contributed by atoms with van der Waals surface area (Å²) in [5, 5.41) is 5.21. The Morgan fingerprint density at radius 1 is 0.739 bits per heavy atom. The summed E-state index contributed by atoms with van der Waals surface area (Å²) in [6.45, 7) is 12.7. The second kappa shape index (κ2) is 16.1. The average Bonchev–Trinajstić information content (AvgIpc) is 2.99. The Bertz CT molecular complexity index is 1190. The Kier molecular flexibility index (Phi) is 13.4. The van der Waals surface area contributed by atoms with Crippen LogP contribution >= 0.6 is 0 Å². The molecule has 0 spiro atoms. The van der Waals surface area contributed by atoms with Gasteiger partial charge in [0.25, 0.3) is 0 Å². The number of ether oxygens (including phenoxy) is 3. The fourth-order valence-electron chi connectivity index (χ4n) is 5.15. The number of amides is 4. The van der Waals surface area contributed by atoms with Crippen LogP contribution in [0.4, 0.5) is 9.59 Å². The summed E-state index contributed by atoms with van der Waals surface area (Å²) in [6, 6.07) is 9.40. The number of piperidine rings is 2. The molecule has 0 unspecified atom stereocenters. The van der Waals surface area contributed by atoms with Crippen molar-refractivity contribution < 1.29 is 38.2 Å². The second-order valence-corrected chi connectivity index (χ2v) is 13.9. The SMILES string of the molecule is CNC(=O)C1(CC(=O)OCc2ccccc2)CCN(C(=O)OC(C)(C)C)CC1.CNC(=O)C1(N)CCN(C(=O)OC(C)(C)C)CC1. The minimum Gasteiger partial charge on any atom is -0.461 e. The van der Waals surface area contributed by atoms with Crippen molar-refractivity contribution in [3.05, 3.63) is 35.9 Å². The standard InChI is InChI=1S/C21H30N2O5.C12H23N3O3/c1-20(2,3)28-19(26)23-12-10-21(11-13-23,18(25)22-4)14-17(24)27-15-16-8-6-5-7-9-16;1-11(2,3)18-10(17)15-7-5-12(13,6-8-15)9(16)14-4/h5-9H,10-15H2,1-4H3,(H,22,25);5-8,13H2,1-4H3,(H,14,16). The number of carbonyl (C=O) groups excluding carboxylic acids is 5. The summed E-state index contributed by atoms with van der Waals surface area (Å²) in [5.41, 5.74) is 4.08. The Balaban J connectivity index is 0.000000353. The van der Waals surface area contributed by atoms with Crippen molar-refractivity contribution in [2.24, 2.45) is 11.1 Å². The monoisotopic (exact) mass is 647 g/mol. The number of nitrogens with zero attached hydrogens (tertiary/aromatic N) is 2. The molecule has 2 fully saturated rings. The lowest BCUT2D eigenvalue weighted by atomic mass is 9.75. The molecule has 1 aromatic carbocycles. The average molecular weight is 648 g/mol. The van der Waals surface area contributed by atoms with Gasteiger partial charge in [0.15, 0.2) is 0 Å². The van der Waals surface area contributed by atoms with Crippen LogP contribution in [0.2, 0.25) is 0 Å². The molecule has 2 aliphatic heterocycles. The first-order chi connectivity index (χ1) is 21.3. The lowest BCUT2D eigenvalue weighted by molar-refractivity contribution is -0.153. The van der Waals surface area contributed by atoms with Gasteiger partial charge in [0.05, 0.1) is 17.4 Å². The van der Waals surface area contributed by atoms with E-state index >= 15 is 0 Å². The zero-order valence-corrected chi connectivity index (χ0v) is 28.7. The third kappa shape index (κ3) is 11.8. The number of benzene rings is 1. The highest BCUT2D eigenvalue weighted by Gasteiger charge is 2.44. The lowest BCUT2D eigenvalue weighted by Gasteiger charge is -2.40. The molecular weight excluding hydrogens is 594 g/mol. The third-order valence-corrected chi connectivity index (χ3v) is 7.79. The van der Waals surface area contributed by atoms with Crippen LogP contribution in [-0.2, 0) is 35.2 Å².